The minimum absolute atomic E-state index is 0.102. The van der Waals surface area contributed by atoms with Crippen LogP contribution in [0.15, 0.2) is 34.2 Å². The summed E-state index contributed by atoms with van der Waals surface area (Å²) in [4.78, 5) is 26.0. The summed E-state index contributed by atoms with van der Waals surface area (Å²) in [5, 5.41) is 11.5. The van der Waals surface area contributed by atoms with Crippen molar-refractivity contribution in [2.24, 2.45) is 0 Å². The number of hydrogen-bond donors (Lipinski definition) is 3. The van der Waals surface area contributed by atoms with Gasteiger partial charge in [-0.25, -0.2) is 4.40 Å². The van der Waals surface area contributed by atoms with Crippen molar-refractivity contribution in [2.75, 3.05) is 16.8 Å². The number of fused-ring (bicyclic) bond motifs is 1. The Morgan fingerprint density at radius 2 is 2.21 bits per heavy atom. The molecule has 0 spiro atoms. The lowest BCUT2D eigenvalue weighted by molar-refractivity contribution is -0.113. The molecule has 0 unspecified atom stereocenters. The SMILES string of the molecule is Cc1ccc(Cl)cc1NC(=O)CSc1nnc2[nH]c(=O)cc(N)n12. The molecule has 0 aliphatic rings. The lowest BCUT2D eigenvalue weighted by atomic mass is 10.2. The van der Waals surface area contributed by atoms with Crippen molar-refractivity contribution < 1.29 is 4.79 Å². The maximum atomic E-state index is 12.1. The van der Waals surface area contributed by atoms with Crippen LogP contribution in [0.4, 0.5) is 11.5 Å². The number of anilines is 2. The van der Waals surface area contributed by atoms with E-state index in [0.29, 0.717) is 15.9 Å². The van der Waals surface area contributed by atoms with Gasteiger partial charge in [0.15, 0.2) is 5.16 Å². The number of benzene rings is 1. The number of carbonyl (C=O) groups is 1. The first-order valence-corrected chi connectivity index (χ1v) is 8.23. The van der Waals surface area contributed by atoms with Gasteiger partial charge in [-0.3, -0.25) is 14.6 Å². The molecule has 0 aliphatic carbocycles. The summed E-state index contributed by atoms with van der Waals surface area (Å²) in [7, 11) is 0. The molecule has 0 atom stereocenters. The molecule has 2 aromatic heterocycles. The predicted octanol–water partition coefficient (Wildman–Crippen LogP) is 1.69. The average molecular weight is 365 g/mol. The van der Waals surface area contributed by atoms with Gasteiger partial charge in [0.2, 0.25) is 11.7 Å². The van der Waals surface area contributed by atoms with Crippen LogP contribution in [0.2, 0.25) is 5.02 Å². The molecule has 2 heterocycles. The second kappa shape index (κ2) is 6.54. The first-order chi connectivity index (χ1) is 11.4. The Kier molecular flexibility index (Phi) is 4.45. The fourth-order valence-electron chi connectivity index (χ4n) is 2.07. The molecule has 8 nitrogen and oxygen atoms in total. The molecule has 10 heteroatoms. The van der Waals surface area contributed by atoms with Crippen molar-refractivity contribution in [3.05, 3.63) is 45.2 Å². The minimum Gasteiger partial charge on any atom is -0.385 e. The van der Waals surface area contributed by atoms with Crippen LogP contribution in [0, 0.1) is 6.92 Å². The number of nitrogens with two attached hydrogens (primary N) is 1. The molecule has 0 saturated heterocycles. The number of thioether (sulfide) groups is 1. The van der Waals surface area contributed by atoms with E-state index in [-0.39, 0.29) is 28.8 Å². The smallest absolute Gasteiger partial charge is 0.254 e. The summed E-state index contributed by atoms with van der Waals surface area (Å²) in [6, 6.07) is 6.51. The summed E-state index contributed by atoms with van der Waals surface area (Å²) in [5.41, 5.74) is 7.01. The van der Waals surface area contributed by atoms with Crippen LogP contribution < -0.4 is 16.6 Å². The molecule has 1 amide bonds. The summed E-state index contributed by atoms with van der Waals surface area (Å²) < 4.78 is 1.48. The fourth-order valence-corrected chi connectivity index (χ4v) is 2.99. The first-order valence-electron chi connectivity index (χ1n) is 6.87. The summed E-state index contributed by atoms with van der Waals surface area (Å²) in [5.74, 6) is 0.316. The molecule has 0 radical (unpaired) electrons. The van der Waals surface area contributed by atoms with E-state index in [0.717, 1.165) is 17.3 Å². The van der Waals surface area contributed by atoms with Crippen LogP contribution in [0.1, 0.15) is 5.56 Å². The van der Waals surface area contributed by atoms with E-state index in [1.807, 2.05) is 13.0 Å². The van der Waals surface area contributed by atoms with E-state index < -0.39 is 0 Å². The van der Waals surface area contributed by atoms with Gasteiger partial charge in [-0.05, 0) is 24.6 Å². The minimum atomic E-state index is -0.363. The number of aryl methyl sites for hydroxylation is 1. The Balaban J connectivity index is 1.73. The Bertz CT molecular complexity index is 983. The van der Waals surface area contributed by atoms with Crippen molar-refractivity contribution in [1.29, 1.82) is 0 Å². The Morgan fingerprint density at radius 1 is 1.42 bits per heavy atom. The number of aromatic nitrogens is 4. The van der Waals surface area contributed by atoms with E-state index in [2.05, 4.69) is 20.5 Å². The summed E-state index contributed by atoms with van der Waals surface area (Å²) in [6.45, 7) is 1.88. The van der Waals surface area contributed by atoms with Gasteiger partial charge < -0.3 is 11.1 Å². The topological polar surface area (TPSA) is 118 Å². The number of halogens is 1. The van der Waals surface area contributed by atoms with Gasteiger partial charge in [0.05, 0.1) is 5.75 Å². The molecule has 1 aromatic carbocycles. The second-order valence-electron chi connectivity index (χ2n) is 5.00. The molecule has 3 aromatic rings. The van der Waals surface area contributed by atoms with Gasteiger partial charge in [-0.1, -0.05) is 29.4 Å². The molecule has 0 saturated carbocycles. The predicted molar refractivity (Wildman–Crippen MR) is 93.6 cm³/mol. The van der Waals surface area contributed by atoms with Crippen molar-refractivity contribution in [3.8, 4) is 0 Å². The number of H-pyrrole nitrogens is 1. The van der Waals surface area contributed by atoms with Crippen LogP contribution in [0.5, 0.6) is 0 Å². The molecule has 0 bridgehead atoms. The van der Waals surface area contributed by atoms with Crippen molar-refractivity contribution in [1.82, 2.24) is 19.6 Å². The third kappa shape index (κ3) is 3.36. The second-order valence-corrected chi connectivity index (χ2v) is 6.38. The van der Waals surface area contributed by atoms with E-state index in [4.69, 9.17) is 17.3 Å². The lowest BCUT2D eigenvalue weighted by Gasteiger charge is -2.08. The van der Waals surface area contributed by atoms with Crippen LogP contribution in [-0.2, 0) is 4.79 Å². The highest BCUT2D eigenvalue weighted by Crippen LogP contribution is 2.22. The number of nitrogens with one attached hydrogen (secondary N) is 2. The zero-order valence-corrected chi connectivity index (χ0v) is 14.1. The average Bonchev–Trinajstić information content (AvgIpc) is 2.92. The highest BCUT2D eigenvalue weighted by atomic mass is 35.5. The number of hydrogen-bond acceptors (Lipinski definition) is 6. The highest BCUT2D eigenvalue weighted by molar-refractivity contribution is 7.99. The molecule has 3 rings (SSSR count). The lowest BCUT2D eigenvalue weighted by Crippen LogP contribution is -2.15. The monoisotopic (exact) mass is 364 g/mol. The molecule has 24 heavy (non-hydrogen) atoms. The van der Waals surface area contributed by atoms with Crippen molar-refractivity contribution in [3.63, 3.8) is 0 Å². The van der Waals surface area contributed by atoms with E-state index in [1.54, 1.807) is 12.1 Å². The Labute approximate surface area is 145 Å². The molecule has 0 fully saturated rings. The quantitative estimate of drug-likeness (QED) is 0.606. The number of aromatic amines is 1. The van der Waals surface area contributed by atoms with E-state index in [1.165, 1.54) is 10.5 Å². The van der Waals surface area contributed by atoms with E-state index >= 15 is 0 Å². The molecule has 124 valence electrons. The maximum absolute atomic E-state index is 12.1. The number of carbonyl (C=O) groups excluding carboxylic acids is 1. The number of nitrogen functional groups attached to an aromatic ring is 1. The van der Waals surface area contributed by atoms with Gasteiger partial charge in [-0.2, -0.15) is 0 Å². The van der Waals surface area contributed by atoms with Crippen LogP contribution in [0.25, 0.3) is 5.78 Å². The van der Waals surface area contributed by atoms with Gasteiger partial charge in [0, 0.05) is 16.8 Å². The van der Waals surface area contributed by atoms with Crippen LogP contribution >= 0.6 is 23.4 Å². The van der Waals surface area contributed by atoms with Gasteiger partial charge in [-0.15, -0.1) is 10.2 Å². The third-order valence-corrected chi connectivity index (χ3v) is 4.38. The Hall–Kier alpha value is -2.52. The highest BCUT2D eigenvalue weighted by Gasteiger charge is 2.13. The summed E-state index contributed by atoms with van der Waals surface area (Å²) >= 11 is 7.09. The largest absolute Gasteiger partial charge is 0.385 e. The zero-order chi connectivity index (χ0) is 17.3. The molecule has 0 aliphatic heterocycles. The molecular formula is C14H13ClN6O2S. The van der Waals surface area contributed by atoms with Gasteiger partial charge >= 0.3 is 0 Å². The molecular weight excluding hydrogens is 352 g/mol. The normalized spacial score (nSPS) is 10.9. The number of nitrogens with zero attached hydrogens (tertiary/aromatic N) is 3. The fraction of sp³-hybridized carbons (Fsp3) is 0.143. The van der Waals surface area contributed by atoms with Gasteiger partial charge in [0.25, 0.3) is 5.56 Å². The standard InChI is InChI=1S/C14H13ClN6O2S/c1-7-2-3-8(15)4-9(7)17-12(23)6-24-14-20-19-13-18-11(22)5-10(16)21(13)14/h2-5H,6,16H2,1H3,(H,17,23)(H,18,19,22). The number of rotatable bonds is 4. The maximum Gasteiger partial charge on any atom is 0.254 e. The van der Waals surface area contributed by atoms with Crippen molar-refractivity contribution in [2.45, 2.75) is 12.1 Å². The molecule has 4 N–H and O–H groups in total. The van der Waals surface area contributed by atoms with Crippen LogP contribution in [-0.4, -0.2) is 31.2 Å². The van der Waals surface area contributed by atoms with Crippen LogP contribution in [0.3, 0.4) is 0 Å². The van der Waals surface area contributed by atoms with E-state index in [9.17, 15) is 9.59 Å². The first kappa shape index (κ1) is 16.3. The zero-order valence-electron chi connectivity index (χ0n) is 12.5. The third-order valence-electron chi connectivity index (χ3n) is 3.21. The number of amides is 1. The summed E-state index contributed by atoms with van der Waals surface area (Å²) in [6.07, 6.45) is 0. The Morgan fingerprint density at radius 3 is 3.00 bits per heavy atom. The van der Waals surface area contributed by atoms with Gasteiger partial charge in [0.1, 0.15) is 5.82 Å². The van der Waals surface area contributed by atoms with Crippen molar-refractivity contribution >= 4 is 46.6 Å².